The third kappa shape index (κ3) is 2.84. The summed E-state index contributed by atoms with van der Waals surface area (Å²) in [7, 11) is -3.33. The summed E-state index contributed by atoms with van der Waals surface area (Å²) in [5.74, 6) is -0.156. The lowest BCUT2D eigenvalue weighted by Crippen LogP contribution is -2.51. The molecule has 2 heterocycles. The molecule has 2 unspecified atom stereocenters. The maximum Gasteiger partial charge on any atom is 0.241 e. The minimum Gasteiger partial charge on any atom is -0.391 e. The minimum absolute atomic E-state index is 0.156. The van der Waals surface area contributed by atoms with Crippen molar-refractivity contribution >= 4 is 15.9 Å². The number of sulfonamides is 1. The van der Waals surface area contributed by atoms with E-state index in [-0.39, 0.29) is 5.91 Å². The number of carbonyl (C=O) groups excluding carboxylic acids is 1. The van der Waals surface area contributed by atoms with Crippen LogP contribution in [0, 0.1) is 0 Å². The summed E-state index contributed by atoms with van der Waals surface area (Å²) in [5.41, 5.74) is 0. The topological polar surface area (TPSA) is 77.9 Å². The smallest absolute Gasteiger partial charge is 0.241 e. The third-order valence-electron chi connectivity index (χ3n) is 3.62. The van der Waals surface area contributed by atoms with Crippen LogP contribution in [0.3, 0.4) is 0 Å². The summed E-state index contributed by atoms with van der Waals surface area (Å²) in [6, 6.07) is -0.565. The molecule has 0 bridgehead atoms. The van der Waals surface area contributed by atoms with Gasteiger partial charge in [-0.15, -0.1) is 0 Å². The average Bonchev–Trinajstić information content (AvgIpc) is 2.76. The van der Waals surface area contributed by atoms with E-state index in [1.165, 1.54) is 4.31 Å². The number of carbonyl (C=O) groups is 1. The fourth-order valence-electron chi connectivity index (χ4n) is 2.75. The molecule has 104 valence electrons. The predicted molar refractivity (Wildman–Crippen MR) is 66.4 cm³/mol. The first-order valence-corrected chi connectivity index (χ1v) is 8.18. The highest BCUT2D eigenvalue weighted by Gasteiger charge is 2.39. The maximum absolute atomic E-state index is 12.3. The molecule has 2 atom stereocenters. The van der Waals surface area contributed by atoms with E-state index in [2.05, 4.69) is 0 Å². The molecule has 0 aromatic carbocycles. The van der Waals surface area contributed by atoms with Crippen LogP contribution in [0.25, 0.3) is 0 Å². The van der Waals surface area contributed by atoms with Crippen molar-refractivity contribution in [2.45, 2.75) is 37.8 Å². The Morgan fingerprint density at radius 2 is 1.89 bits per heavy atom. The molecule has 0 aromatic rings. The highest BCUT2D eigenvalue weighted by molar-refractivity contribution is 7.88. The van der Waals surface area contributed by atoms with Gasteiger partial charge in [0.05, 0.1) is 12.4 Å². The lowest BCUT2D eigenvalue weighted by Gasteiger charge is -2.33. The largest absolute Gasteiger partial charge is 0.391 e. The SMILES string of the molecule is CS(=O)(=O)N1CCCC1C(=O)N1CCCC(O)C1. The first kappa shape index (κ1) is 13.8. The summed E-state index contributed by atoms with van der Waals surface area (Å²) in [6.45, 7) is 1.36. The van der Waals surface area contributed by atoms with Crippen LogP contribution in [-0.2, 0) is 14.8 Å². The molecule has 0 radical (unpaired) electrons. The summed E-state index contributed by atoms with van der Waals surface area (Å²) in [5, 5.41) is 9.57. The molecular weight excluding hydrogens is 256 g/mol. The lowest BCUT2D eigenvalue weighted by atomic mass is 10.1. The number of rotatable bonds is 2. The van der Waals surface area contributed by atoms with Gasteiger partial charge in [0.15, 0.2) is 0 Å². The second-order valence-electron chi connectivity index (χ2n) is 5.11. The van der Waals surface area contributed by atoms with Gasteiger partial charge >= 0.3 is 0 Å². The van der Waals surface area contributed by atoms with Gasteiger partial charge in [-0.05, 0) is 25.7 Å². The second-order valence-corrected chi connectivity index (χ2v) is 7.05. The molecule has 0 spiro atoms. The quantitative estimate of drug-likeness (QED) is 0.730. The fourth-order valence-corrected chi connectivity index (χ4v) is 3.87. The zero-order chi connectivity index (χ0) is 13.3. The van der Waals surface area contributed by atoms with Gasteiger partial charge in [-0.2, -0.15) is 4.31 Å². The Bertz CT molecular complexity index is 423. The molecule has 1 amide bonds. The lowest BCUT2D eigenvalue weighted by molar-refractivity contribution is -0.137. The first-order chi connectivity index (χ1) is 8.39. The van der Waals surface area contributed by atoms with Gasteiger partial charge < -0.3 is 10.0 Å². The number of hydrogen-bond acceptors (Lipinski definition) is 4. The first-order valence-electron chi connectivity index (χ1n) is 6.33. The van der Waals surface area contributed by atoms with Crippen LogP contribution in [0.4, 0.5) is 0 Å². The van der Waals surface area contributed by atoms with Crippen LogP contribution in [-0.4, -0.2) is 66.7 Å². The predicted octanol–water partition coefficient (Wildman–Crippen LogP) is -0.606. The van der Waals surface area contributed by atoms with Crippen LogP contribution < -0.4 is 0 Å². The van der Waals surface area contributed by atoms with Crippen molar-refractivity contribution in [1.29, 1.82) is 0 Å². The Morgan fingerprint density at radius 1 is 1.22 bits per heavy atom. The van der Waals surface area contributed by atoms with Gasteiger partial charge in [0.1, 0.15) is 6.04 Å². The normalized spacial score (nSPS) is 30.7. The Labute approximate surface area is 108 Å². The van der Waals surface area contributed by atoms with Crippen molar-refractivity contribution in [2.75, 3.05) is 25.9 Å². The van der Waals surface area contributed by atoms with Crippen LogP contribution in [0.5, 0.6) is 0 Å². The van der Waals surface area contributed by atoms with E-state index in [4.69, 9.17) is 0 Å². The highest BCUT2D eigenvalue weighted by atomic mass is 32.2. The fraction of sp³-hybridized carbons (Fsp3) is 0.909. The van der Waals surface area contributed by atoms with Crippen molar-refractivity contribution in [1.82, 2.24) is 9.21 Å². The van der Waals surface area contributed by atoms with Gasteiger partial charge in [-0.25, -0.2) is 8.42 Å². The van der Waals surface area contributed by atoms with Crippen molar-refractivity contribution in [3.63, 3.8) is 0 Å². The Morgan fingerprint density at radius 3 is 2.50 bits per heavy atom. The maximum atomic E-state index is 12.3. The monoisotopic (exact) mass is 276 g/mol. The number of likely N-dealkylation sites (tertiary alicyclic amines) is 1. The average molecular weight is 276 g/mol. The summed E-state index contributed by atoms with van der Waals surface area (Å²) in [4.78, 5) is 13.9. The molecule has 7 heteroatoms. The molecule has 2 aliphatic heterocycles. The van der Waals surface area contributed by atoms with Crippen molar-refractivity contribution in [2.24, 2.45) is 0 Å². The summed E-state index contributed by atoms with van der Waals surface area (Å²) < 4.78 is 24.5. The number of hydrogen-bond donors (Lipinski definition) is 1. The molecule has 2 fully saturated rings. The number of piperidine rings is 1. The molecule has 0 saturated carbocycles. The highest BCUT2D eigenvalue weighted by Crippen LogP contribution is 2.23. The van der Waals surface area contributed by atoms with E-state index in [0.717, 1.165) is 19.1 Å². The number of aliphatic hydroxyl groups is 1. The zero-order valence-electron chi connectivity index (χ0n) is 10.6. The summed E-state index contributed by atoms with van der Waals surface area (Å²) in [6.07, 6.45) is 3.46. The Kier molecular flexibility index (Phi) is 3.93. The van der Waals surface area contributed by atoms with E-state index in [1.807, 2.05) is 0 Å². The molecule has 2 saturated heterocycles. The van der Waals surface area contributed by atoms with Gasteiger partial charge in [-0.1, -0.05) is 0 Å². The number of β-amino-alcohol motifs (C(OH)–C–C–N with tert-alkyl or cyclic N) is 1. The van der Waals surface area contributed by atoms with E-state index in [1.54, 1.807) is 4.90 Å². The molecule has 0 aliphatic carbocycles. The van der Waals surface area contributed by atoms with Crippen molar-refractivity contribution < 1.29 is 18.3 Å². The van der Waals surface area contributed by atoms with Crippen LogP contribution in [0.2, 0.25) is 0 Å². The number of amides is 1. The van der Waals surface area contributed by atoms with Crippen LogP contribution in [0.15, 0.2) is 0 Å². The van der Waals surface area contributed by atoms with E-state index in [0.29, 0.717) is 32.5 Å². The van der Waals surface area contributed by atoms with Gasteiger partial charge in [0.2, 0.25) is 15.9 Å². The van der Waals surface area contributed by atoms with Gasteiger partial charge in [-0.3, -0.25) is 4.79 Å². The number of nitrogens with zero attached hydrogens (tertiary/aromatic N) is 2. The zero-order valence-corrected chi connectivity index (χ0v) is 11.4. The second kappa shape index (κ2) is 5.14. The van der Waals surface area contributed by atoms with Crippen molar-refractivity contribution in [3.05, 3.63) is 0 Å². The van der Waals surface area contributed by atoms with Crippen LogP contribution >= 0.6 is 0 Å². The summed E-state index contributed by atoms with van der Waals surface area (Å²) >= 11 is 0. The minimum atomic E-state index is -3.33. The van der Waals surface area contributed by atoms with E-state index < -0.39 is 22.2 Å². The van der Waals surface area contributed by atoms with E-state index in [9.17, 15) is 18.3 Å². The van der Waals surface area contributed by atoms with Crippen molar-refractivity contribution in [3.8, 4) is 0 Å². The Hall–Kier alpha value is -0.660. The number of aliphatic hydroxyl groups excluding tert-OH is 1. The van der Waals surface area contributed by atoms with Gasteiger partial charge in [0.25, 0.3) is 0 Å². The molecule has 2 rings (SSSR count). The molecule has 2 aliphatic rings. The standard InChI is InChI=1S/C11H20N2O4S/c1-18(16,17)13-7-3-5-10(13)11(15)12-6-2-4-9(14)8-12/h9-10,14H,2-8H2,1H3. The van der Waals surface area contributed by atoms with E-state index >= 15 is 0 Å². The Balaban J connectivity index is 2.08. The molecule has 6 nitrogen and oxygen atoms in total. The molecular formula is C11H20N2O4S. The molecule has 0 aromatic heterocycles. The third-order valence-corrected chi connectivity index (χ3v) is 4.91. The molecule has 1 N–H and O–H groups in total. The van der Waals surface area contributed by atoms with Gasteiger partial charge in [0, 0.05) is 19.6 Å². The van der Waals surface area contributed by atoms with Crippen LogP contribution in [0.1, 0.15) is 25.7 Å². The molecule has 18 heavy (non-hydrogen) atoms.